The summed E-state index contributed by atoms with van der Waals surface area (Å²) in [5.74, 6) is 3.06. The van der Waals surface area contributed by atoms with Crippen LogP contribution in [0.4, 0.5) is 13.2 Å². The third kappa shape index (κ3) is 3.98. The molecular weight excluding hydrogens is 479 g/mol. The van der Waals surface area contributed by atoms with Crippen LogP contribution in [0.1, 0.15) is 62.9 Å². The molecule has 4 aliphatic rings. The van der Waals surface area contributed by atoms with Crippen molar-refractivity contribution in [2.75, 3.05) is 24.6 Å². The van der Waals surface area contributed by atoms with E-state index in [-0.39, 0.29) is 22.9 Å². The van der Waals surface area contributed by atoms with Crippen LogP contribution in [0.3, 0.4) is 0 Å². The molecule has 2 aliphatic heterocycles. The zero-order valence-electron chi connectivity index (χ0n) is 19.9. The predicted molar refractivity (Wildman–Crippen MR) is 123 cm³/mol. The van der Waals surface area contributed by atoms with Crippen molar-refractivity contribution in [1.82, 2.24) is 24.6 Å². The smallest absolute Gasteiger partial charge is 0.299 e. The molecule has 2 aliphatic carbocycles. The molecule has 2 saturated heterocycles. The first kappa shape index (κ1) is 23.4. The molecule has 11 heteroatoms. The maximum Gasteiger partial charge on any atom is 0.417 e. The number of rotatable bonds is 4. The van der Waals surface area contributed by atoms with Gasteiger partial charge in [-0.25, -0.2) is 18.1 Å². The highest BCUT2D eigenvalue weighted by Gasteiger charge is 2.56. The molecule has 2 aromatic rings. The monoisotopic (exact) mass is 509 g/mol. The van der Waals surface area contributed by atoms with Gasteiger partial charge >= 0.3 is 6.18 Å². The summed E-state index contributed by atoms with van der Waals surface area (Å²) < 4.78 is 65.0. The van der Waals surface area contributed by atoms with E-state index in [9.17, 15) is 21.6 Å². The molecule has 1 spiro atoms. The Balaban J connectivity index is 1.21. The summed E-state index contributed by atoms with van der Waals surface area (Å²) in [7, 11) is -2.83. The van der Waals surface area contributed by atoms with Gasteiger partial charge in [-0.05, 0) is 64.0 Å². The molecule has 7 nitrogen and oxygen atoms in total. The molecule has 0 amide bonds. The second-order valence-corrected chi connectivity index (χ2v) is 13.5. The van der Waals surface area contributed by atoms with Crippen molar-refractivity contribution in [1.29, 1.82) is 0 Å². The van der Waals surface area contributed by atoms with Gasteiger partial charge in [0.2, 0.25) is 0 Å². The third-order valence-electron chi connectivity index (χ3n) is 8.61. The van der Waals surface area contributed by atoms with E-state index in [2.05, 4.69) is 15.0 Å². The fourth-order valence-corrected chi connectivity index (χ4v) is 9.45. The van der Waals surface area contributed by atoms with Crippen LogP contribution in [0, 0.1) is 17.3 Å². The summed E-state index contributed by atoms with van der Waals surface area (Å²) in [5, 5.41) is 4.61. The summed E-state index contributed by atoms with van der Waals surface area (Å²) in [6.45, 7) is 5.89. The normalized spacial score (nSPS) is 31.5. The Hall–Kier alpha value is -2.01. The molecule has 2 aromatic heterocycles. The highest BCUT2D eigenvalue weighted by atomic mass is 32.2. The van der Waals surface area contributed by atoms with Gasteiger partial charge in [0.15, 0.2) is 15.7 Å². The van der Waals surface area contributed by atoms with E-state index in [1.165, 1.54) is 6.20 Å². The van der Waals surface area contributed by atoms with Crippen molar-refractivity contribution in [2.24, 2.45) is 17.3 Å². The lowest BCUT2D eigenvalue weighted by Gasteiger charge is -2.40. The Morgan fingerprint density at radius 3 is 2.51 bits per heavy atom. The number of aromatic nitrogens is 4. The van der Waals surface area contributed by atoms with Crippen molar-refractivity contribution >= 4 is 9.84 Å². The molecule has 6 rings (SSSR count). The van der Waals surface area contributed by atoms with Gasteiger partial charge < -0.3 is 0 Å². The zero-order chi connectivity index (χ0) is 24.8. The summed E-state index contributed by atoms with van der Waals surface area (Å²) in [6, 6.07) is 1.60. The quantitative estimate of drug-likeness (QED) is 0.621. The molecule has 0 radical (unpaired) electrons. The lowest BCUT2D eigenvalue weighted by atomic mass is 9.84. The van der Waals surface area contributed by atoms with Crippen LogP contribution >= 0.6 is 0 Å². The Morgan fingerprint density at radius 1 is 1.11 bits per heavy atom. The van der Waals surface area contributed by atoms with Crippen LogP contribution in [-0.2, 0) is 16.0 Å². The number of likely N-dealkylation sites (tertiary alicyclic amines) is 1. The SMILES string of the molecule is CC(C)n1nc(-c2cncc(C(F)(F)F)c2)nc1[C@H]1CC2C[C@@H]1C[C@H]2N1CCC2(C1)CS(=O)(=O)C2. The number of hydrogen-bond donors (Lipinski definition) is 0. The fourth-order valence-electron chi connectivity index (χ4n) is 7.20. The first-order valence-corrected chi connectivity index (χ1v) is 14.2. The minimum atomic E-state index is -4.47. The van der Waals surface area contributed by atoms with Crippen molar-refractivity contribution in [3.63, 3.8) is 0 Å². The lowest BCUT2D eigenvalue weighted by Crippen LogP contribution is -2.51. The molecule has 0 N–H and O–H groups in total. The molecule has 1 unspecified atom stereocenters. The predicted octanol–water partition coefficient (Wildman–Crippen LogP) is 3.94. The van der Waals surface area contributed by atoms with Crippen molar-refractivity contribution in [3.05, 3.63) is 29.8 Å². The van der Waals surface area contributed by atoms with Gasteiger partial charge in [-0.1, -0.05) is 0 Å². The van der Waals surface area contributed by atoms with Gasteiger partial charge in [0.25, 0.3) is 0 Å². The van der Waals surface area contributed by atoms with Gasteiger partial charge in [-0.3, -0.25) is 9.88 Å². The molecule has 0 aromatic carbocycles. The van der Waals surface area contributed by atoms with Gasteiger partial charge in [0.1, 0.15) is 5.82 Å². The number of alkyl halides is 3. The minimum Gasteiger partial charge on any atom is -0.299 e. The van der Waals surface area contributed by atoms with E-state index >= 15 is 0 Å². The molecule has 2 saturated carbocycles. The summed E-state index contributed by atoms with van der Waals surface area (Å²) in [6.07, 6.45) is 1.87. The Labute approximate surface area is 203 Å². The first-order valence-electron chi connectivity index (χ1n) is 12.4. The highest BCUT2D eigenvalue weighted by molar-refractivity contribution is 7.92. The maximum absolute atomic E-state index is 13.2. The van der Waals surface area contributed by atoms with Crippen molar-refractivity contribution < 1.29 is 21.6 Å². The van der Waals surface area contributed by atoms with E-state index in [0.717, 1.165) is 56.9 Å². The van der Waals surface area contributed by atoms with Crippen LogP contribution in [0.25, 0.3) is 11.4 Å². The number of halogens is 3. The third-order valence-corrected chi connectivity index (χ3v) is 10.7. The van der Waals surface area contributed by atoms with Gasteiger partial charge in [-0.15, -0.1) is 0 Å². The molecule has 35 heavy (non-hydrogen) atoms. The summed E-state index contributed by atoms with van der Waals surface area (Å²) in [4.78, 5) is 11.1. The Bertz CT molecular complexity index is 1250. The van der Waals surface area contributed by atoms with Crippen LogP contribution < -0.4 is 0 Å². The fraction of sp³-hybridized carbons (Fsp3) is 0.708. The van der Waals surface area contributed by atoms with Crippen molar-refractivity contribution in [3.8, 4) is 11.4 Å². The average molecular weight is 510 g/mol. The second-order valence-electron chi connectivity index (χ2n) is 11.4. The molecular formula is C24H30F3N5O2S. The summed E-state index contributed by atoms with van der Waals surface area (Å²) in [5.41, 5.74) is -0.548. The number of sulfone groups is 1. The molecule has 4 fully saturated rings. The van der Waals surface area contributed by atoms with Crippen molar-refractivity contribution in [2.45, 2.75) is 63.7 Å². The standard InChI is InChI=1S/C24H30F3N5O2S/c1-14(2)32-22(29-21(30-32)17-6-18(10-28-9-17)24(25,26)27)19-7-16-5-15(19)8-20(16)31-4-3-23(11-31)12-35(33,34)13-23/h6,9-10,14-16,19-20H,3-5,7-8,11-13H2,1-2H3/t15-,16?,19+,20-/m1/s1. The van der Waals surface area contributed by atoms with E-state index in [0.29, 0.717) is 35.2 Å². The Kier molecular flexibility index (Phi) is 5.18. The summed E-state index contributed by atoms with van der Waals surface area (Å²) >= 11 is 0. The number of hydrogen-bond acceptors (Lipinski definition) is 6. The zero-order valence-corrected chi connectivity index (χ0v) is 20.7. The lowest BCUT2D eigenvalue weighted by molar-refractivity contribution is -0.137. The molecule has 190 valence electrons. The number of pyridine rings is 1. The van der Waals surface area contributed by atoms with Crippen LogP contribution in [0.2, 0.25) is 0 Å². The second kappa shape index (κ2) is 7.74. The van der Waals surface area contributed by atoms with Gasteiger partial charge in [0.05, 0.1) is 17.1 Å². The minimum absolute atomic E-state index is 0.0220. The number of nitrogens with zero attached hydrogens (tertiary/aromatic N) is 5. The van der Waals surface area contributed by atoms with Crippen LogP contribution in [-0.4, -0.2) is 63.7 Å². The van der Waals surface area contributed by atoms with E-state index in [1.807, 2.05) is 18.5 Å². The topological polar surface area (TPSA) is 81.0 Å². The maximum atomic E-state index is 13.2. The Morgan fingerprint density at radius 2 is 1.89 bits per heavy atom. The molecule has 4 heterocycles. The molecule has 2 bridgehead atoms. The highest BCUT2D eigenvalue weighted by Crippen LogP contribution is 2.56. The van der Waals surface area contributed by atoms with E-state index in [4.69, 9.17) is 4.98 Å². The van der Waals surface area contributed by atoms with E-state index < -0.39 is 21.6 Å². The van der Waals surface area contributed by atoms with E-state index in [1.54, 1.807) is 0 Å². The number of fused-ring (bicyclic) bond motifs is 2. The molecule has 4 atom stereocenters. The van der Waals surface area contributed by atoms with Gasteiger partial charge in [0, 0.05) is 47.9 Å². The largest absolute Gasteiger partial charge is 0.417 e. The first-order chi connectivity index (χ1) is 16.4. The average Bonchev–Trinajstić information content (AvgIpc) is 3.53. The van der Waals surface area contributed by atoms with Gasteiger partial charge in [-0.2, -0.15) is 18.3 Å². The van der Waals surface area contributed by atoms with Crippen LogP contribution in [0.5, 0.6) is 0 Å². The van der Waals surface area contributed by atoms with Crippen LogP contribution in [0.15, 0.2) is 18.5 Å².